The van der Waals surface area contributed by atoms with Crippen molar-refractivity contribution < 1.29 is 17.9 Å². The Bertz CT molecular complexity index is 779. The van der Waals surface area contributed by atoms with Gasteiger partial charge in [0.25, 0.3) is 0 Å². The standard InChI is InChI=1S/C16H17ClN2O4S/c1-23-13-4-6-14(7-5-13)24(21,22)15(11-19-16(20)9-17)12-3-2-8-18-10-12/h2-8,10,15H,9,11H2,1H3,(H,19,20)/t15-/m0/s1. The van der Waals surface area contributed by atoms with Crippen molar-refractivity contribution in [2.24, 2.45) is 0 Å². The molecule has 6 nitrogen and oxygen atoms in total. The predicted octanol–water partition coefficient (Wildman–Crippen LogP) is 1.96. The summed E-state index contributed by atoms with van der Waals surface area (Å²) in [5, 5.41) is 1.56. The Morgan fingerprint density at radius 1 is 1.29 bits per heavy atom. The van der Waals surface area contributed by atoms with Crippen molar-refractivity contribution in [1.29, 1.82) is 0 Å². The average Bonchev–Trinajstić information content (AvgIpc) is 2.62. The smallest absolute Gasteiger partial charge is 0.234 e. The number of amides is 1. The number of methoxy groups -OCH3 is 1. The number of aromatic nitrogens is 1. The third-order valence-electron chi connectivity index (χ3n) is 3.42. The van der Waals surface area contributed by atoms with E-state index in [1.54, 1.807) is 30.5 Å². The molecule has 8 heteroatoms. The first-order chi connectivity index (χ1) is 11.5. The number of carbonyl (C=O) groups is 1. The topological polar surface area (TPSA) is 85.4 Å². The summed E-state index contributed by atoms with van der Waals surface area (Å²) in [5.74, 6) is -0.111. The molecular formula is C16H17ClN2O4S. The summed E-state index contributed by atoms with van der Waals surface area (Å²) in [6.07, 6.45) is 3.02. The lowest BCUT2D eigenvalue weighted by atomic mass is 10.2. The fourth-order valence-electron chi connectivity index (χ4n) is 2.16. The zero-order valence-electron chi connectivity index (χ0n) is 13.0. The second-order valence-electron chi connectivity index (χ2n) is 4.93. The first-order valence-corrected chi connectivity index (χ1v) is 9.17. The Balaban J connectivity index is 2.38. The monoisotopic (exact) mass is 368 g/mol. The van der Waals surface area contributed by atoms with Gasteiger partial charge >= 0.3 is 0 Å². The molecule has 2 rings (SSSR count). The number of hydrogen-bond donors (Lipinski definition) is 1. The van der Waals surface area contributed by atoms with Gasteiger partial charge in [-0.05, 0) is 35.9 Å². The van der Waals surface area contributed by atoms with Crippen molar-refractivity contribution in [3.63, 3.8) is 0 Å². The number of sulfone groups is 1. The Hall–Kier alpha value is -2.12. The molecule has 0 aliphatic carbocycles. The molecule has 0 bridgehead atoms. The molecule has 0 fully saturated rings. The van der Waals surface area contributed by atoms with Crippen molar-refractivity contribution in [1.82, 2.24) is 10.3 Å². The quantitative estimate of drug-likeness (QED) is 0.755. The Kier molecular flexibility index (Phi) is 6.16. The number of halogens is 1. The van der Waals surface area contributed by atoms with E-state index in [1.807, 2.05) is 0 Å². The summed E-state index contributed by atoms with van der Waals surface area (Å²) in [5.41, 5.74) is 0.489. The largest absolute Gasteiger partial charge is 0.497 e. The summed E-state index contributed by atoms with van der Waals surface area (Å²) in [4.78, 5) is 15.5. The van der Waals surface area contributed by atoms with Crippen molar-refractivity contribution in [2.45, 2.75) is 10.1 Å². The molecule has 0 aliphatic rings. The predicted molar refractivity (Wildman–Crippen MR) is 90.9 cm³/mol. The Morgan fingerprint density at radius 2 is 2.00 bits per heavy atom. The minimum atomic E-state index is -3.74. The van der Waals surface area contributed by atoms with Crippen LogP contribution in [-0.4, -0.2) is 38.8 Å². The van der Waals surface area contributed by atoms with Gasteiger partial charge in [0, 0.05) is 18.9 Å². The van der Waals surface area contributed by atoms with Gasteiger partial charge in [-0.15, -0.1) is 11.6 Å². The highest BCUT2D eigenvalue weighted by Crippen LogP contribution is 2.29. The van der Waals surface area contributed by atoms with Gasteiger partial charge in [-0.1, -0.05) is 6.07 Å². The van der Waals surface area contributed by atoms with Gasteiger partial charge in [-0.2, -0.15) is 0 Å². The van der Waals surface area contributed by atoms with Gasteiger partial charge < -0.3 is 10.1 Å². The Labute approximate surface area is 145 Å². The third-order valence-corrected chi connectivity index (χ3v) is 5.78. The molecule has 24 heavy (non-hydrogen) atoms. The summed E-state index contributed by atoms with van der Waals surface area (Å²) in [6, 6.07) is 9.40. The lowest BCUT2D eigenvalue weighted by Crippen LogP contribution is -2.32. The van der Waals surface area contributed by atoms with Gasteiger partial charge in [0.05, 0.1) is 12.0 Å². The molecule has 1 amide bonds. The van der Waals surface area contributed by atoms with E-state index in [0.717, 1.165) is 0 Å². The molecule has 0 radical (unpaired) electrons. The third kappa shape index (κ3) is 4.24. The van der Waals surface area contributed by atoms with E-state index in [9.17, 15) is 13.2 Å². The number of hydrogen-bond acceptors (Lipinski definition) is 5. The van der Waals surface area contributed by atoms with E-state index in [2.05, 4.69) is 10.3 Å². The van der Waals surface area contributed by atoms with Crippen LogP contribution in [0.5, 0.6) is 5.75 Å². The maximum Gasteiger partial charge on any atom is 0.234 e. The number of pyridine rings is 1. The van der Waals surface area contributed by atoms with Crippen LogP contribution in [0.4, 0.5) is 0 Å². The number of ether oxygens (including phenoxy) is 1. The summed E-state index contributed by atoms with van der Waals surface area (Å²) in [7, 11) is -2.23. The summed E-state index contributed by atoms with van der Waals surface area (Å²) < 4.78 is 31.0. The van der Waals surface area contributed by atoms with Crippen molar-refractivity contribution >= 4 is 27.3 Å². The van der Waals surface area contributed by atoms with E-state index in [0.29, 0.717) is 11.3 Å². The van der Waals surface area contributed by atoms with Crippen LogP contribution >= 0.6 is 11.6 Å². The maximum absolute atomic E-state index is 13.0. The van der Waals surface area contributed by atoms with E-state index in [4.69, 9.17) is 16.3 Å². The number of benzene rings is 1. The maximum atomic E-state index is 13.0. The van der Waals surface area contributed by atoms with Crippen molar-refractivity contribution in [3.8, 4) is 5.75 Å². The second kappa shape index (κ2) is 8.12. The van der Waals surface area contributed by atoms with Gasteiger partial charge in [0.15, 0.2) is 9.84 Å². The lowest BCUT2D eigenvalue weighted by Gasteiger charge is -2.18. The normalized spacial score (nSPS) is 12.4. The number of alkyl halides is 1. The molecule has 0 spiro atoms. The van der Waals surface area contributed by atoms with Gasteiger partial charge in [-0.3, -0.25) is 9.78 Å². The summed E-state index contributed by atoms with van der Waals surface area (Å²) >= 11 is 5.46. The number of carbonyl (C=O) groups excluding carboxylic acids is 1. The van der Waals surface area contributed by atoms with E-state index in [1.165, 1.54) is 25.4 Å². The molecule has 1 heterocycles. The minimum Gasteiger partial charge on any atom is -0.497 e. The van der Waals surface area contributed by atoms with Crippen LogP contribution in [0.3, 0.4) is 0 Å². The molecule has 0 saturated heterocycles. The molecular weight excluding hydrogens is 352 g/mol. The van der Waals surface area contributed by atoms with Crippen LogP contribution in [0, 0.1) is 0 Å². The highest BCUT2D eigenvalue weighted by Gasteiger charge is 2.29. The van der Waals surface area contributed by atoms with Crippen LogP contribution in [-0.2, 0) is 14.6 Å². The molecule has 0 unspecified atom stereocenters. The SMILES string of the molecule is COc1ccc(S(=O)(=O)[C@@H](CNC(=O)CCl)c2cccnc2)cc1. The lowest BCUT2D eigenvalue weighted by molar-refractivity contribution is -0.118. The van der Waals surface area contributed by atoms with Crippen molar-refractivity contribution in [2.75, 3.05) is 19.5 Å². The molecule has 1 N–H and O–H groups in total. The fraction of sp³-hybridized carbons (Fsp3) is 0.250. The molecule has 128 valence electrons. The highest BCUT2D eigenvalue weighted by molar-refractivity contribution is 7.91. The fourth-order valence-corrected chi connectivity index (χ4v) is 3.90. The first-order valence-electron chi connectivity index (χ1n) is 7.09. The van der Waals surface area contributed by atoms with E-state index in [-0.39, 0.29) is 17.3 Å². The first kappa shape index (κ1) is 18.2. The van der Waals surface area contributed by atoms with Crippen LogP contribution < -0.4 is 10.1 Å². The van der Waals surface area contributed by atoms with Crippen LogP contribution in [0.1, 0.15) is 10.8 Å². The van der Waals surface area contributed by atoms with Gasteiger partial charge in [0.1, 0.15) is 16.9 Å². The van der Waals surface area contributed by atoms with Gasteiger partial charge in [-0.25, -0.2) is 8.42 Å². The Morgan fingerprint density at radius 3 is 2.54 bits per heavy atom. The van der Waals surface area contributed by atoms with Gasteiger partial charge in [0.2, 0.25) is 5.91 Å². The zero-order chi connectivity index (χ0) is 17.6. The number of nitrogens with one attached hydrogen (secondary N) is 1. The number of rotatable bonds is 7. The van der Waals surface area contributed by atoms with Crippen LogP contribution in [0.15, 0.2) is 53.7 Å². The van der Waals surface area contributed by atoms with E-state index >= 15 is 0 Å². The molecule has 1 aromatic carbocycles. The van der Waals surface area contributed by atoms with Crippen LogP contribution in [0.25, 0.3) is 0 Å². The average molecular weight is 369 g/mol. The second-order valence-corrected chi connectivity index (χ2v) is 7.33. The molecule has 1 atom stereocenters. The highest BCUT2D eigenvalue weighted by atomic mass is 35.5. The van der Waals surface area contributed by atoms with E-state index < -0.39 is 21.0 Å². The van der Waals surface area contributed by atoms with Crippen molar-refractivity contribution in [3.05, 3.63) is 54.4 Å². The number of nitrogens with zero attached hydrogens (tertiary/aromatic N) is 1. The molecule has 2 aromatic rings. The molecule has 0 aliphatic heterocycles. The molecule has 0 saturated carbocycles. The molecule has 1 aromatic heterocycles. The summed E-state index contributed by atoms with van der Waals surface area (Å²) in [6.45, 7) is -0.0917. The van der Waals surface area contributed by atoms with Crippen LogP contribution in [0.2, 0.25) is 0 Å². The minimum absolute atomic E-state index is 0.0917. The zero-order valence-corrected chi connectivity index (χ0v) is 14.5.